The predicted molar refractivity (Wildman–Crippen MR) is 99.1 cm³/mol. The first kappa shape index (κ1) is 21.0. The fourth-order valence-corrected chi connectivity index (χ4v) is 2.85. The van der Waals surface area contributed by atoms with Crippen molar-refractivity contribution in [3.8, 4) is 22.5 Å². The van der Waals surface area contributed by atoms with Crippen LogP contribution in [0.15, 0.2) is 48.7 Å². The fraction of sp³-hybridized carbons (Fsp3) is 0.150. The van der Waals surface area contributed by atoms with Crippen molar-refractivity contribution in [2.75, 3.05) is 6.54 Å². The predicted octanol–water partition coefficient (Wildman–Crippen LogP) is 3.80. The van der Waals surface area contributed by atoms with Crippen LogP contribution in [0.3, 0.4) is 0 Å². The molecular formula is C20H15F4N3O3. The average molecular weight is 421 g/mol. The van der Waals surface area contributed by atoms with Crippen LogP contribution in [0.25, 0.3) is 22.5 Å². The third-order valence-electron chi connectivity index (χ3n) is 4.26. The lowest BCUT2D eigenvalue weighted by atomic mass is 10.1. The van der Waals surface area contributed by atoms with Crippen molar-refractivity contribution >= 4 is 11.9 Å². The number of aromatic nitrogens is 2. The summed E-state index contributed by atoms with van der Waals surface area (Å²) in [7, 11) is 0. The number of aliphatic carboxylic acids is 1. The van der Waals surface area contributed by atoms with Crippen LogP contribution >= 0.6 is 0 Å². The second-order valence-corrected chi connectivity index (χ2v) is 6.30. The third kappa shape index (κ3) is 4.65. The van der Waals surface area contributed by atoms with Crippen molar-refractivity contribution in [1.29, 1.82) is 0 Å². The molecule has 0 aliphatic carbocycles. The molecule has 3 N–H and O–H groups in total. The molecule has 2 aromatic heterocycles. The number of rotatable bonds is 2. The SMILES string of the molecule is O=C(O)C(F)(F)F.O=C1NCCc2[nH]c(-c3cc(-c4ccccc4)ncc3F)cc21. The molecule has 30 heavy (non-hydrogen) atoms. The number of aromatic amines is 1. The van der Waals surface area contributed by atoms with Gasteiger partial charge >= 0.3 is 12.1 Å². The molecular weight excluding hydrogens is 406 g/mol. The topological polar surface area (TPSA) is 95.1 Å². The highest BCUT2D eigenvalue weighted by Crippen LogP contribution is 2.29. The summed E-state index contributed by atoms with van der Waals surface area (Å²) in [4.78, 5) is 28.1. The number of H-pyrrole nitrogens is 1. The smallest absolute Gasteiger partial charge is 0.475 e. The minimum absolute atomic E-state index is 0.119. The van der Waals surface area contributed by atoms with Gasteiger partial charge in [-0.1, -0.05) is 30.3 Å². The van der Waals surface area contributed by atoms with E-state index in [2.05, 4.69) is 15.3 Å². The van der Waals surface area contributed by atoms with E-state index < -0.39 is 18.0 Å². The number of carbonyl (C=O) groups is 2. The number of alkyl halides is 3. The molecule has 0 bridgehead atoms. The number of carboxylic acids is 1. The van der Waals surface area contributed by atoms with E-state index in [1.807, 2.05) is 30.3 Å². The molecule has 1 aromatic carbocycles. The summed E-state index contributed by atoms with van der Waals surface area (Å²) in [6.07, 6.45) is -3.14. The lowest BCUT2D eigenvalue weighted by molar-refractivity contribution is -0.192. The molecule has 156 valence electrons. The van der Waals surface area contributed by atoms with Crippen molar-refractivity contribution in [2.24, 2.45) is 0 Å². The molecule has 3 heterocycles. The zero-order chi connectivity index (χ0) is 21.9. The highest BCUT2D eigenvalue weighted by Gasteiger charge is 2.38. The second kappa shape index (κ2) is 8.36. The number of carboxylic acid groups (broad SMARTS) is 1. The largest absolute Gasteiger partial charge is 0.490 e. The third-order valence-corrected chi connectivity index (χ3v) is 4.26. The molecule has 0 radical (unpaired) electrons. The molecule has 0 fully saturated rings. The summed E-state index contributed by atoms with van der Waals surface area (Å²) in [6, 6.07) is 13.0. The number of pyridine rings is 1. The average Bonchev–Trinajstić information content (AvgIpc) is 3.14. The van der Waals surface area contributed by atoms with Gasteiger partial charge in [0.05, 0.1) is 17.5 Å². The molecule has 0 spiro atoms. The van der Waals surface area contributed by atoms with Crippen molar-refractivity contribution in [3.63, 3.8) is 0 Å². The minimum Gasteiger partial charge on any atom is -0.475 e. The van der Waals surface area contributed by atoms with Gasteiger partial charge < -0.3 is 15.4 Å². The molecule has 10 heteroatoms. The summed E-state index contributed by atoms with van der Waals surface area (Å²) in [5, 5.41) is 9.91. The zero-order valence-corrected chi connectivity index (χ0v) is 15.3. The Bertz CT molecular complexity index is 1080. The van der Waals surface area contributed by atoms with Gasteiger partial charge in [0.25, 0.3) is 5.91 Å². The highest BCUT2D eigenvalue weighted by atomic mass is 19.4. The maximum Gasteiger partial charge on any atom is 0.490 e. The minimum atomic E-state index is -5.08. The van der Waals surface area contributed by atoms with Crippen LogP contribution in [0.1, 0.15) is 16.1 Å². The summed E-state index contributed by atoms with van der Waals surface area (Å²) in [5.74, 6) is -3.29. The number of amides is 1. The monoisotopic (exact) mass is 421 g/mol. The van der Waals surface area contributed by atoms with Gasteiger partial charge in [-0.05, 0) is 12.1 Å². The molecule has 6 nitrogen and oxygen atoms in total. The van der Waals surface area contributed by atoms with Gasteiger partial charge in [-0.25, -0.2) is 9.18 Å². The van der Waals surface area contributed by atoms with Crippen LogP contribution in [0.5, 0.6) is 0 Å². The van der Waals surface area contributed by atoms with Gasteiger partial charge in [-0.15, -0.1) is 0 Å². The summed E-state index contributed by atoms with van der Waals surface area (Å²) in [5.41, 5.74) is 4.07. The van der Waals surface area contributed by atoms with Gasteiger partial charge in [0.2, 0.25) is 0 Å². The number of fused-ring (bicyclic) bond motifs is 1. The Balaban J connectivity index is 0.000000318. The van der Waals surface area contributed by atoms with Crippen LogP contribution < -0.4 is 5.32 Å². The van der Waals surface area contributed by atoms with E-state index in [-0.39, 0.29) is 5.91 Å². The number of hydrogen-bond acceptors (Lipinski definition) is 3. The number of hydrogen-bond donors (Lipinski definition) is 3. The lowest BCUT2D eigenvalue weighted by Gasteiger charge is -2.11. The zero-order valence-electron chi connectivity index (χ0n) is 15.3. The van der Waals surface area contributed by atoms with E-state index in [9.17, 15) is 22.4 Å². The van der Waals surface area contributed by atoms with Crippen LogP contribution in [0.2, 0.25) is 0 Å². The number of halogens is 4. The Morgan fingerprint density at radius 3 is 2.37 bits per heavy atom. The molecule has 0 saturated heterocycles. The van der Waals surface area contributed by atoms with E-state index in [1.165, 1.54) is 6.20 Å². The molecule has 0 unspecified atom stereocenters. The van der Waals surface area contributed by atoms with Gasteiger partial charge in [-0.3, -0.25) is 9.78 Å². The summed E-state index contributed by atoms with van der Waals surface area (Å²) >= 11 is 0. The Kier molecular flexibility index (Phi) is 5.86. The summed E-state index contributed by atoms with van der Waals surface area (Å²) < 4.78 is 46.0. The van der Waals surface area contributed by atoms with Crippen molar-refractivity contribution in [3.05, 3.63) is 65.7 Å². The van der Waals surface area contributed by atoms with Crippen LogP contribution in [0, 0.1) is 5.82 Å². The van der Waals surface area contributed by atoms with Gasteiger partial charge in [0.1, 0.15) is 0 Å². The van der Waals surface area contributed by atoms with Crippen LogP contribution in [0.4, 0.5) is 17.6 Å². The Hall–Kier alpha value is -3.69. The van der Waals surface area contributed by atoms with Crippen molar-refractivity contribution < 1.29 is 32.3 Å². The van der Waals surface area contributed by atoms with Gasteiger partial charge in [-0.2, -0.15) is 13.2 Å². The van der Waals surface area contributed by atoms with E-state index in [4.69, 9.17) is 9.90 Å². The molecule has 3 aromatic rings. The molecule has 0 saturated carbocycles. The summed E-state index contributed by atoms with van der Waals surface area (Å²) in [6.45, 7) is 0.597. The first-order valence-corrected chi connectivity index (χ1v) is 8.68. The quantitative estimate of drug-likeness (QED) is 0.549. The standard InChI is InChI=1S/C18H14FN3O.C2HF3O2/c19-14-10-21-16(11-4-2-1-3-5-11)8-12(14)17-9-13-15(22-17)6-7-20-18(13)23;3-2(4,5)1(6)7/h1-5,8-10,22H,6-7H2,(H,20,23);(H,6,7). The number of nitrogens with zero attached hydrogens (tertiary/aromatic N) is 1. The molecule has 4 rings (SSSR count). The first-order chi connectivity index (χ1) is 14.2. The van der Waals surface area contributed by atoms with E-state index in [0.717, 1.165) is 17.7 Å². The fourth-order valence-electron chi connectivity index (χ4n) is 2.85. The number of nitrogens with one attached hydrogen (secondary N) is 2. The first-order valence-electron chi connectivity index (χ1n) is 8.68. The molecule has 0 atom stereocenters. The highest BCUT2D eigenvalue weighted by molar-refractivity contribution is 5.97. The van der Waals surface area contributed by atoms with Gasteiger partial charge in [0, 0.05) is 35.5 Å². The molecule has 1 aliphatic rings. The molecule has 1 aliphatic heterocycles. The Morgan fingerprint density at radius 2 is 1.77 bits per heavy atom. The second-order valence-electron chi connectivity index (χ2n) is 6.30. The number of benzene rings is 1. The van der Waals surface area contributed by atoms with Crippen molar-refractivity contribution in [2.45, 2.75) is 12.6 Å². The van der Waals surface area contributed by atoms with Crippen LogP contribution in [-0.2, 0) is 11.2 Å². The maximum atomic E-state index is 14.2. The Morgan fingerprint density at radius 1 is 1.10 bits per heavy atom. The maximum absolute atomic E-state index is 14.2. The van der Waals surface area contributed by atoms with E-state index in [0.29, 0.717) is 29.1 Å². The molecule has 1 amide bonds. The number of carbonyl (C=O) groups excluding carboxylic acids is 1. The van der Waals surface area contributed by atoms with Crippen LogP contribution in [-0.4, -0.2) is 39.7 Å². The van der Waals surface area contributed by atoms with Crippen molar-refractivity contribution in [1.82, 2.24) is 15.3 Å². The van der Waals surface area contributed by atoms with Gasteiger partial charge in [0.15, 0.2) is 5.82 Å². The normalized spacial score (nSPS) is 13.0. The lowest BCUT2D eigenvalue weighted by Crippen LogP contribution is -2.31. The van der Waals surface area contributed by atoms with E-state index in [1.54, 1.807) is 12.1 Å². The van der Waals surface area contributed by atoms with E-state index >= 15 is 0 Å². The Labute approximate surface area is 167 Å².